The lowest BCUT2D eigenvalue weighted by Gasteiger charge is -2.20. The van der Waals surface area contributed by atoms with Crippen molar-refractivity contribution in [3.05, 3.63) is 45.1 Å². The zero-order valence-electron chi connectivity index (χ0n) is 13.6. The van der Waals surface area contributed by atoms with Crippen LogP contribution < -0.4 is 16.0 Å². The number of rotatable bonds is 5. The van der Waals surface area contributed by atoms with Crippen molar-refractivity contribution in [2.24, 2.45) is 5.92 Å². The number of benzene rings is 1. The molecule has 0 saturated carbocycles. The number of nitro groups is 1. The number of anilines is 1. The number of hydrogen-bond acceptors (Lipinski definition) is 6. The molecule has 0 radical (unpaired) electrons. The molecule has 0 unspecified atom stereocenters. The van der Waals surface area contributed by atoms with Crippen LogP contribution in [0, 0.1) is 27.4 Å². The van der Waals surface area contributed by atoms with Crippen LogP contribution in [0.5, 0.6) is 0 Å². The van der Waals surface area contributed by atoms with E-state index in [1.165, 1.54) is 12.1 Å². The van der Waals surface area contributed by atoms with Crippen LogP contribution in [0.2, 0.25) is 5.02 Å². The highest BCUT2D eigenvalue weighted by molar-refractivity contribution is 6.32. The van der Waals surface area contributed by atoms with Gasteiger partial charge >= 0.3 is 0 Å². The third kappa shape index (κ3) is 5.02. The molecule has 1 aliphatic heterocycles. The van der Waals surface area contributed by atoms with Gasteiger partial charge in [-0.05, 0) is 38.1 Å². The largest absolute Gasteiger partial charge is 0.331 e. The predicted molar refractivity (Wildman–Crippen MR) is 94.2 cm³/mol. The van der Waals surface area contributed by atoms with Gasteiger partial charge in [0, 0.05) is 23.9 Å². The molecule has 0 aliphatic carbocycles. The fraction of sp³-hybridized carbons (Fsp3) is 0.312. The number of piperidine rings is 1. The first-order valence-corrected chi connectivity index (χ1v) is 8.17. The summed E-state index contributed by atoms with van der Waals surface area (Å²) in [7, 11) is 0. The maximum Gasteiger partial charge on any atom is 0.289 e. The second-order valence-corrected chi connectivity index (χ2v) is 5.99. The van der Waals surface area contributed by atoms with Gasteiger partial charge in [-0.15, -0.1) is 0 Å². The molecule has 1 fully saturated rings. The van der Waals surface area contributed by atoms with Crippen LogP contribution in [-0.4, -0.2) is 29.8 Å². The molecule has 1 aromatic rings. The van der Waals surface area contributed by atoms with E-state index in [-0.39, 0.29) is 33.8 Å². The van der Waals surface area contributed by atoms with E-state index in [1.807, 2.05) is 0 Å². The van der Waals surface area contributed by atoms with Gasteiger partial charge in [-0.2, -0.15) is 5.26 Å². The first-order chi connectivity index (χ1) is 12.4. The lowest BCUT2D eigenvalue weighted by molar-refractivity contribution is -0.384. The molecule has 3 N–H and O–H groups in total. The number of nitriles is 1. The zero-order chi connectivity index (χ0) is 19.1. The first kappa shape index (κ1) is 19.4. The molecule has 0 spiro atoms. The Balaban J connectivity index is 2.04. The summed E-state index contributed by atoms with van der Waals surface area (Å²) in [4.78, 5) is 34.4. The van der Waals surface area contributed by atoms with Crippen LogP contribution in [0.1, 0.15) is 12.8 Å². The molecule has 0 atom stereocenters. The summed E-state index contributed by atoms with van der Waals surface area (Å²) in [6.45, 7) is 1.48. The summed E-state index contributed by atoms with van der Waals surface area (Å²) in [6.07, 6.45) is 2.41. The minimum absolute atomic E-state index is 0.0710. The highest BCUT2D eigenvalue weighted by Crippen LogP contribution is 2.27. The van der Waals surface area contributed by atoms with E-state index in [4.69, 9.17) is 16.9 Å². The summed E-state index contributed by atoms with van der Waals surface area (Å²) in [5.74, 6) is -1.22. The molecule has 0 bridgehead atoms. The lowest BCUT2D eigenvalue weighted by Crippen LogP contribution is -2.36. The third-order valence-corrected chi connectivity index (χ3v) is 4.15. The standard InChI is InChI=1S/C16H16ClN5O4/c17-13-2-1-12(7-14(13)22(25)26)21-16(24)11(8-18)9-20-15(23)10-3-5-19-6-4-10/h1-2,7,9-10,19H,3-6H2,(H,20,23)(H,21,24)/b11-9-. The summed E-state index contributed by atoms with van der Waals surface area (Å²) in [5.41, 5.74) is -0.590. The first-order valence-electron chi connectivity index (χ1n) is 7.79. The highest BCUT2D eigenvalue weighted by Gasteiger charge is 2.21. The Labute approximate surface area is 154 Å². The van der Waals surface area contributed by atoms with Crippen LogP contribution in [0.15, 0.2) is 30.0 Å². The maximum absolute atomic E-state index is 12.1. The summed E-state index contributed by atoms with van der Waals surface area (Å²) >= 11 is 5.71. The lowest BCUT2D eigenvalue weighted by atomic mass is 9.97. The number of nitrogens with zero attached hydrogens (tertiary/aromatic N) is 2. The van der Waals surface area contributed by atoms with Gasteiger partial charge in [0.15, 0.2) is 0 Å². The zero-order valence-corrected chi connectivity index (χ0v) is 14.4. The van der Waals surface area contributed by atoms with Crippen molar-refractivity contribution in [2.75, 3.05) is 18.4 Å². The van der Waals surface area contributed by atoms with Crippen LogP contribution in [0.3, 0.4) is 0 Å². The van der Waals surface area contributed by atoms with Crippen LogP contribution in [-0.2, 0) is 9.59 Å². The number of carbonyl (C=O) groups is 2. The van der Waals surface area contributed by atoms with E-state index in [9.17, 15) is 19.7 Å². The fourth-order valence-corrected chi connectivity index (χ4v) is 2.61. The molecule has 9 nitrogen and oxygen atoms in total. The average molecular weight is 378 g/mol. The second-order valence-electron chi connectivity index (χ2n) is 5.58. The van der Waals surface area contributed by atoms with Gasteiger partial charge in [-0.25, -0.2) is 0 Å². The van der Waals surface area contributed by atoms with Gasteiger partial charge in [0.05, 0.1) is 4.92 Å². The Kier molecular flexibility index (Phi) is 6.66. The number of nitrogens with one attached hydrogen (secondary N) is 3. The van der Waals surface area contributed by atoms with Crippen molar-refractivity contribution >= 4 is 34.8 Å². The van der Waals surface area contributed by atoms with Crippen LogP contribution in [0.4, 0.5) is 11.4 Å². The van der Waals surface area contributed by atoms with Crippen molar-refractivity contribution in [3.8, 4) is 6.07 Å². The van der Waals surface area contributed by atoms with Crippen molar-refractivity contribution in [2.45, 2.75) is 12.8 Å². The van der Waals surface area contributed by atoms with Crippen molar-refractivity contribution in [1.29, 1.82) is 5.26 Å². The molecular formula is C16H16ClN5O4. The predicted octanol–water partition coefficient (Wildman–Crippen LogP) is 1.71. The SMILES string of the molecule is N#C/C(=C/NC(=O)C1CCNCC1)C(=O)Nc1ccc(Cl)c([N+](=O)[O-])c1. The van der Waals surface area contributed by atoms with Gasteiger partial charge in [0.2, 0.25) is 5.91 Å². The molecule has 136 valence electrons. The van der Waals surface area contributed by atoms with Crippen LogP contribution in [0.25, 0.3) is 0 Å². The monoisotopic (exact) mass is 377 g/mol. The molecule has 1 heterocycles. The summed E-state index contributed by atoms with van der Waals surface area (Å²) in [6, 6.07) is 5.42. The molecule has 0 aromatic heterocycles. The second kappa shape index (κ2) is 8.94. The molecule has 26 heavy (non-hydrogen) atoms. The van der Waals surface area contributed by atoms with Gasteiger partial charge in [0.25, 0.3) is 11.6 Å². The minimum atomic E-state index is -0.797. The van der Waals surface area contributed by atoms with E-state index >= 15 is 0 Å². The quantitative estimate of drug-likeness (QED) is 0.309. The normalized spacial score (nSPS) is 15.0. The number of hydrogen-bond donors (Lipinski definition) is 3. The number of amides is 2. The molecule has 1 saturated heterocycles. The number of carbonyl (C=O) groups excluding carboxylic acids is 2. The third-order valence-electron chi connectivity index (χ3n) is 3.83. The molecule has 1 aliphatic rings. The van der Waals surface area contributed by atoms with Crippen molar-refractivity contribution in [3.63, 3.8) is 0 Å². The Hall–Kier alpha value is -2.96. The van der Waals surface area contributed by atoms with Gasteiger partial charge in [-0.3, -0.25) is 19.7 Å². The number of nitro benzene ring substituents is 1. The molecule has 2 rings (SSSR count). The topological polar surface area (TPSA) is 137 Å². The highest BCUT2D eigenvalue weighted by atomic mass is 35.5. The van der Waals surface area contributed by atoms with Crippen LogP contribution >= 0.6 is 11.6 Å². The van der Waals surface area contributed by atoms with E-state index in [2.05, 4.69) is 16.0 Å². The Bertz CT molecular complexity index is 796. The number of halogens is 1. The molecule has 10 heteroatoms. The molecular weight excluding hydrogens is 362 g/mol. The van der Waals surface area contributed by atoms with E-state index in [0.717, 1.165) is 25.4 Å². The summed E-state index contributed by atoms with van der Waals surface area (Å²) < 4.78 is 0. The van der Waals surface area contributed by atoms with E-state index < -0.39 is 10.8 Å². The fourth-order valence-electron chi connectivity index (χ4n) is 2.42. The Morgan fingerprint density at radius 2 is 2.08 bits per heavy atom. The maximum atomic E-state index is 12.1. The molecule has 2 amide bonds. The van der Waals surface area contributed by atoms with Crippen molar-refractivity contribution < 1.29 is 14.5 Å². The molecule has 1 aromatic carbocycles. The Morgan fingerprint density at radius 3 is 2.69 bits per heavy atom. The smallest absolute Gasteiger partial charge is 0.289 e. The van der Waals surface area contributed by atoms with E-state index in [1.54, 1.807) is 6.07 Å². The summed E-state index contributed by atoms with van der Waals surface area (Å²) in [5, 5.41) is 27.9. The van der Waals surface area contributed by atoms with Gasteiger partial charge in [0.1, 0.15) is 16.7 Å². The van der Waals surface area contributed by atoms with E-state index in [0.29, 0.717) is 12.8 Å². The Morgan fingerprint density at radius 1 is 1.38 bits per heavy atom. The average Bonchev–Trinajstić information content (AvgIpc) is 2.64. The van der Waals surface area contributed by atoms with Gasteiger partial charge in [-0.1, -0.05) is 11.6 Å². The minimum Gasteiger partial charge on any atom is -0.331 e. The van der Waals surface area contributed by atoms with Gasteiger partial charge < -0.3 is 16.0 Å². The van der Waals surface area contributed by atoms with Crippen molar-refractivity contribution in [1.82, 2.24) is 10.6 Å².